The lowest BCUT2D eigenvalue weighted by Crippen LogP contribution is -2.37. The van der Waals surface area contributed by atoms with Gasteiger partial charge in [0, 0.05) is 11.1 Å². The fourth-order valence-corrected chi connectivity index (χ4v) is 2.04. The fourth-order valence-electron chi connectivity index (χ4n) is 2.04. The van der Waals surface area contributed by atoms with Crippen molar-refractivity contribution in [3.63, 3.8) is 0 Å². The van der Waals surface area contributed by atoms with E-state index in [0.29, 0.717) is 12.0 Å². The van der Waals surface area contributed by atoms with Gasteiger partial charge in [0.25, 0.3) is 5.91 Å². The number of carbonyl (C=O) groups is 1. The second kappa shape index (κ2) is 5.80. The largest absolute Gasteiger partial charge is 0.394 e. The second-order valence-corrected chi connectivity index (χ2v) is 4.59. The number of nitrogens with one attached hydrogen (secondary N) is 1. The lowest BCUT2D eigenvalue weighted by Gasteiger charge is -2.15. The number of hydrogen-bond donors (Lipinski definition) is 2. The van der Waals surface area contributed by atoms with E-state index in [0.717, 1.165) is 16.6 Å². The van der Waals surface area contributed by atoms with Gasteiger partial charge in [0.05, 0.1) is 23.7 Å². The molecule has 4 nitrogen and oxygen atoms in total. The van der Waals surface area contributed by atoms with Crippen LogP contribution in [0.2, 0.25) is 0 Å². The first-order chi connectivity index (χ1) is 9.15. The van der Waals surface area contributed by atoms with Gasteiger partial charge in [0.15, 0.2) is 0 Å². The molecule has 1 atom stereocenters. The average Bonchev–Trinajstić information content (AvgIpc) is 2.43. The number of hydrogen-bond acceptors (Lipinski definition) is 3. The van der Waals surface area contributed by atoms with Crippen molar-refractivity contribution in [2.45, 2.75) is 26.3 Å². The number of rotatable bonds is 4. The Morgan fingerprint density at radius 2 is 2.16 bits per heavy atom. The van der Waals surface area contributed by atoms with Crippen LogP contribution in [0.4, 0.5) is 0 Å². The minimum atomic E-state index is -0.209. The summed E-state index contributed by atoms with van der Waals surface area (Å²) >= 11 is 0. The number of aliphatic hydroxyl groups excluding tert-OH is 1. The molecule has 0 spiro atoms. The molecule has 0 aliphatic rings. The normalized spacial score (nSPS) is 12.4. The van der Waals surface area contributed by atoms with Gasteiger partial charge in [-0.25, -0.2) is 0 Å². The molecule has 4 heteroatoms. The molecule has 2 N–H and O–H groups in total. The van der Waals surface area contributed by atoms with E-state index in [9.17, 15) is 4.79 Å². The molecule has 0 aliphatic heterocycles. The quantitative estimate of drug-likeness (QED) is 0.882. The van der Waals surface area contributed by atoms with Crippen LogP contribution in [0.25, 0.3) is 10.9 Å². The maximum atomic E-state index is 12.3. The molecule has 100 valence electrons. The molecule has 0 unspecified atom stereocenters. The third-order valence-corrected chi connectivity index (χ3v) is 3.14. The highest BCUT2D eigenvalue weighted by molar-refractivity contribution is 6.06. The molecule has 0 saturated heterocycles. The molecule has 2 aromatic rings. The number of fused-ring (bicyclic) bond motifs is 1. The van der Waals surface area contributed by atoms with Crippen molar-refractivity contribution < 1.29 is 9.90 Å². The van der Waals surface area contributed by atoms with Crippen LogP contribution >= 0.6 is 0 Å². The number of aryl methyl sites for hydroxylation is 1. The van der Waals surface area contributed by atoms with Crippen LogP contribution in [0.5, 0.6) is 0 Å². The van der Waals surface area contributed by atoms with Crippen molar-refractivity contribution in [1.29, 1.82) is 0 Å². The maximum Gasteiger partial charge on any atom is 0.252 e. The first kappa shape index (κ1) is 13.5. The van der Waals surface area contributed by atoms with E-state index in [1.807, 2.05) is 38.1 Å². The summed E-state index contributed by atoms with van der Waals surface area (Å²) < 4.78 is 0. The number of aliphatic hydroxyl groups is 1. The molecular formula is C15H18N2O2. The Balaban J connectivity index is 2.41. The molecule has 0 bridgehead atoms. The standard InChI is InChI=1S/C15H18N2O2/c1-3-11(9-18)17-15(19)13-8-10(2)16-14-7-5-4-6-12(13)14/h4-8,11,18H,3,9H2,1-2H3,(H,17,19)/t11-/m0/s1. The highest BCUT2D eigenvalue weighted by Crippen LogP contribution is 2.18. The number of carbonyl (C=O) groups excluding carboxylic acids is 1. The van der Waals surface area contributed by atoms with Gasteiger partial charge in [-0.05, 0) is 25.5 Å². The summed E-state index contributed by atoms with van der Waals surface area (Å²) in [6.45, 7) is 3.74. The van der Waals surface area contributed by atoms with Crippen LogP contribution in [0, 0.1) is 6.92 Å². The number of benzene rings is 1. The molecule has 0 radical (unpaired) electrons. The van der Waals surface area contributed by atoms with E-state index in [1.165, 1.54) is 0 Å². The van der Waals surface area contributed by atoms with Crippen LogP contribution in [0.3, 0.4) is 0 Å². The Morgan fingerprint density at radius 1 is 1.42 bits per heavy atom. The number of pyridine rings is 1. The monoisotopic (exact) mass is 258 g/mol. The molecule has 1 heterocycles. The van der Waals surface area contributed by atoms with Gasteiger partial charge in [0.2, 0.25) is 0 Å². The van der Waals surface area contributed by atoms with E-state index in [-0.39, 0.29) is 18.6 Å². The summed E-state index contributed by atoms with van der Waals surface area (Å²) in [5.74, 6) is -0.164. The van der Waals surface area contributed by atoms with Crippen molar-refractivity contribution in [3.05, 3.63) is 41.6 Å². The van der Waals surface area contributed by atoms with Crippen molar-refractivity contribution in [1.82, 2.24) is 10.3 Å². The van der Waals surface area contributed by atoms with Crippen LogP contribution in [-0.2, 0) is 0 Å². The van der Waals surface area contributed by atoms with E-state index in [1.54, 1.807) is 6.07 Å². The van der Waals surface area contributed by atoms with E-state index < -0.39 is 0 Å². The maximum absolute atomic E-state index is 12.3. The predicted octanol–water partition coefficient (Wildman–Crippen LogP) is 2.04. The lowest BCUT2D eigenvalue weighted by molar-refractivity contribution is 0.0916. The van der Waals surface area contributed by atoms with Crippen molar-refractivity contribution >= 4 is 16.8 Å². The minimum absolute atomic E-state index is 0.0514. The van der Waals surface area contributed by atoms with Crippen LogP contribution < -0.4 is 5.32 Å². The summed E-state index contributed by atoms with van der Waals surface area (Å²) in [5.41, 5.74) is 2.22. The van der Waals surface area contributed by atoms with Crippen molar-refractivity contribution in [2.24, 2.45) is 0 Å². The Morgan fingerprint density at radius 3 is 2.84 bits per heavy atom. The number of nitrogens with zero attached hydrogens (tertiary/aromatic N) is 1. The highest BCUT2D eigenvalue weighted by Gasteiger charge is 2.14. The van der Waals surface area contributed by atoms with Crippen LogP contribution in [-0.4, -0.2) is 28.6 Å². The zero-order valence-electron chi connectivity index (χ0n) is 11.2. The molecular weight excluding hydrogens is 240 g/mol. The van der Waals surface area contributed by atoms with Crippen molar-refractivity contribution in [3.8, 4) is 0 Å². The summed E-state index contributed by atoms with van der Waals surface area (Å²) in [6.07, 6.45) is 0.699. The van der Waals surface area contributed by atoms with Gasteiger partial charge >= 0.3 is 0 Å². The highest BCUT2D eigenvalue weighted by atomic mass is 16.3. The molecule has 1 aromatic heterocycles. The molecule has 0 saturated carbocycles. The van der Waals surface area contributed by atoms with Crippen LogP contribution in [0.1, 0.15) is 29.4 Å². The van der Waals surface area contributed by atoms with Crippen molar-refractivity contribution in [2.75, 3.05) is 6.61 Å². The first-order valence-electron chi connectivity index (χ1n) is 6.43. The summed E-state index contributed by atoms with van der Waals surface area (Å²) in [7, 11) is 0. The van der Waals surface area contributed by atoms with Gasteiger partial charge < -0.3 is 10.4 Å². The number of aromatic nitrogens is 1. The smallest absolute Gasteiger partial charge is 0.252 e. The Hall–Kier alpha value is -1.94. The summed E-state index contributed by atoms with van der Waals surface area (Å²) in [6, 6.07) is 9.14. The topological polar surface area (TPSA) is 62.2 Å². The van der Waals surface area contributed by atoms with Gasteiger partial charge in [-0.1, -0.05) is 25.1 Å². The van der Waals surface area contributed by atoms with E-state index in [4.69, 9.17) is 5.11 Å². The molecule has 19 heavy (non-hydrogen) atoms. The van der Waals surface area contributed by atoms with Gasteiger partial charge in [-0.15, -0.1) is 0 Å². The van der Waals surface area contributed by atoms with E-state index >= 15 is 0 Å². The summed E-state index contributed by atoms with van der Waals surface area (Å²) in [5, 5.41) is 12.8. The number of para-hydroxylation sites is 1. The first-order valence-corrected chi connectivity index (χ1v) is 6.43. The van der Waals surface area contributed by atoms with Gasteiger partial charge in [-0.3, -0.25) is 9.78 Å². The molecule has 0 fully saturated rings. The molecule has 1 aromatic carbocycles. The lowest BCUT2D eigenvalue weighted by atomic mass is 10.1. The minimum Gasteiger partial charge on any atom is -0.394 e. The Kier molecular flexibility index (Phi) is 4.12. The predicted molar refractivity (Wildman–Crippen MR) is 75.1 cm³/mol. The fraction of sp³-hybridized carbons (Fsp3) is 0.333. The molecule has 1 amide bonds. The average molecular weight is 258 g/mol. The SMILES string of the molecule is CC[C@@H](CO)NC(=O)c1cc(C)nc2ccccc12. The van der Waals surface area contributed by atoms with Gasteiger partial charge in [-0.2, -0.15) is 0 Å². The molecule has 2 rings (SSSR count). The zero-order valence-corrected chi connectivity index (χ0v) is 11.2. The number of amides is 1. The molecule has 0 aliphatic carbocycles. The van der Waals surface area contributed by atoms with E-state index in [2.05, 4.69) is 10.3 Å². The summed E-state index contributed by atoms with van der Waals surface area (Å²) in [4.78, 5) is 16.7. The second-order valence-electron chi connectivity index (χ2n) is 4.59. The Bertz CT molecular complexity index is 592. The Labute approximate surface area is 112 Å². The zero-order chi connectivity index (χ0) is 13.8. The van der Waals surface area contributed by atoms with Gasteiger partial charge in [0.1, 0.15) is 0 Å². The van der Waals surface area contributed by atoms with Crippen LogP contribution in [0.15, 0.2) is 30.3 Å². The third kappa shape index (κ3) is 2.90. The third-order valence-electron chi connectivity index (χ3n) is 3.14.